The molecule has 0 saturated carbocycles. The summed E-state index contributed by atoms with van der Waals surface area (Å²) in [6.07, 6.45) is 2.34. The predicted molar refractivity (Wildman–Crippen MR) is 131 cm³/mol. The van der Waals surface area contributed by atoms with Crippen molar-refractivity contribution in [2.24, 2.45) is 5.92 Å². The summed E-state index contributed by atoms with van der Waals surface area (Å²) in [5.41, 5.74) is 0.657. The third-order valence-corrected chi connectivity index (χ3v) is 6.02. The van der Waals surface area contributed by atoms with Crippen LogP contribution in [0.15, 0.2) is 70.9 Å². The van der Waals surface area contributed by atoms with Crippen LogP contribution in [0.2, 0.25) is 0 Å². The highest BCUT2D eigenvalue weighted by Gasteiger charge is 2.46. The maximum Gasteiger partial charge on any atom is 0.296 e. The van der Waals surface area contributed by atoms with Crippen LogP contribution in [0.25, 0.3) is 5.76 Å². The maximum absolute atomic E-state index is 13.5. The Kier molecular flexibility index (Phi) is 7.43. The molecule has 1 fully saturated rings. The average Bonchev–Trinajstić information content (AvgIpc) is 3.46. The van der Waals surface area contributed by atoms with E-state index in [4.69, 9.17) is 13.9 Å². The monoisotopic (exact) mass is 493 g/mol. The van der Waals surface area contributed by atoms with Gasteiger partial charge >= 0.3 is 0 Å². The summed E-state index contributed by atoms with van der Waals surface area (Å²) in [4.78, 5) is 27.6. The molecule has 0 radical (unpaired) electrons. The van der Waals surface area contributed by atoms with Crippen LogP contribution in [0.5, 0.6) is 11.5 Å². The Balaban J connectivity index is 1.79. The van der Waals surface area contributed by atoms with Crippen molar-refractivity contribution in [3.63, 3.8) is 0 Å². The van der Waals surface area contributed by atoms with Crippen molar-refractivity contribution in [1.29, 1.82) is 0 Å². The number of ether oxygens (including phenoxy) is 2. The number of carbonyl (C=O) groups is 2. The average molecular weight is 494 g/mol. The number of benzene rings is 2. The lowest BCUT2D eigenvalue weighted by molar-refractivity contribution is -0.140. The molecule has 188 valence electrons. The number of furan rings is 1. The number of amides is 1. The van der Waals surface area contributed by atoms with E-state index < -0.39 is 29.3 Å². The Morgan fingerprint density at radius 3 is 2.50 bits per heavy atom. The molecule has 4 rings (SSSR count). The standard InChI is InChI=1S/C28H28FNO6/c1-17(2)12-14-36-22-11-8-19(15-23(22)34-3)25-24(26(31)18-6-9-20(29)10-7-18)27(32)28(33)30(25)16-21-5-4-13-35-21/h4-11,13,15,17,25,31H,12,14,16H2,1-3H3/b26-24-. The highest BCUT2D eigenvalue weighted by molar-refractivity contribution is 6.46. The van der Waals surface area contributed by atoms with Gasteiger partial charge in [0.05, 0.1) is 38.1 Å². The summed E-state index contributed by atoms with van der Waals surface area (Å²) in [6, 6.07) is 12.7. The van der Waals surface area contributed by atoms with E-state index in [-0.39, 0.29) is 17.7 Å². The fourth-order valence-electron chi connectivity index (χ4n) is 4.10. The number of hydrogen-bond donors (Lipinski definition) is 1. The van der Waals surface area contributed by atoms with E-state index in [1.54, 1.807) is 30.3 Å². The van der Waals surface area contributed by atoms with E-state index in [0.29, 0.717) is 35.3 Å². The number of ketones is 1. The predicted octanol–water partition coefficient (Wildman–Crippen LogP) is 5.47. The molecule has 1 aromatic heterocycles. The molecule has 1 aliphatic rings. The zero-order valence-electron chi connectivity index (χ0n) is 20.4. The first-order valence-corrected chi connectivity index (χ1v) is 11.7. The Morgan fingerprint density at radius 2 is 1.86 bits per heavy atom. The summed E-state index contributed by atoms with van der Waals surface area (Å²) in [5.74, 6) is -0.589. The van der Waals surface area contributed by atoms with Gasteiger partial charge in [0.1, 0.15) is 17.3 Å². The molecule has 0 spiro atoms. The van der Waals surface area contributed by atoms with Crippen LogP contribution in [0.4, 0.5) is 4.39 Å². The topological polar surface area (TPSA) is 89.2 Å². The van der Waals surface area contributed by atoms with Gasteiger partial charge in [-0.05, 0) is 66.4 Å². The first-order valence-electron chi connectivity index (χ1n) is 11.7. The van der Waals surface area contributed by atoms with Gasteiger partial charge in [0.2, 0.25) is 0 Å². The molecule has 2 heterocycles. The summed E-state index contributed by atoms with van der Waals surface area (Å²) in [6.45, 7) is 4.73. The molecule has 1 unspecified atom stereocenters. The molecule has 7 nitrogen and oxygen atoms in total. The van der Waals surface area contributed by atoms with Crippen molar-refractivity contribution in [2.75, 3.05) is 13.7 Å². The van der Waals surface area contributed by atoms with E-state index in [9.17, 15) is 19.1 Å². The minimum Gasteiger partial charge on any atom is -0.507 e. The van der Waals surface area contributed by atoms with Crippen LogP contribution in [0.1, 0.15) is 43.2 Å². The molecule has 0 aliphatic carbocycles. The van der Waals surface area contributed by atoms with Gasteiger partial charge in [0, 0.05) is 5.56 Å². The van der Waals surface area contributed by atoms with Crippen molar-refractivity contribution in [3.8, 4) is 11.5 Å². The smallest absolute Gasteiger partial charge is 0.296 e. The van der Waals surface area contributed by atoms with E-state index in [2.05, 4.69) is 13.8 Å². The first kappa shape index (κ1) is 25.0. The Hall–Kier alpha value is -4.07. The van der Waals surface area contributed by atoms with Gasteiger partial charge in [-0.3, -0.25) is 9.59 Å². The van der Waals surface area contributed by atoms with Gasteiger partial charge in [-0.15, -0.1) is 0 Å². The number of carbonyl (C=O) groups excluding carboxylic acids is 2. The van der Waals surface area contributed by atoms with Crippen LogP contribution < -0.4 is 9.47 Å². The summed E-state index contributed by atoms with van der Waals surface area (Å²) < 4.78 is 30.3. The quantitative estimate of drug-likeness (QED) is 0.241. The number of aliphatic hydroxyl groups excluding tert-OH is 1. The van der Waals surface area contributed by atoms with Gasteiger partial charge in [-0.25, -0.2) is 4.39 Å². The fraction of sp³-hybridized carbons (Fsp3) is 0.286. The molecule has 1 N–H and O–H groups in total. The van der Waals surface area contributed by atoms with Crippen LogP contribution in [0, 0.1) is 11.7 Å². The second-order valence-corrected chi connectivity index (χ2v) is 8.95. The zero-order chi connectivity index (χ0) is 25.8. The summed E-state index contributed by atoms with van der Waals surface area (Å²) in [7, 11) is 1.51. The number of nitrogens with zero attached hydrogens (tertiary/aromatic N) is 1. The maximum atomic E-state index is 13.5. The molecule has 36 heavy (non-hydrogen) atoms. The number of aliphatic hydroxyl groups is 1. The van der Waals surface area contributed by atoms with Crippen LogP contribution >= 0.6 is 0 Å². The molecule has 1 atom stereocenters. The van der Waals surface area contributed by atoms with E-state index in [0.717, 1.165) is 6.42 Å². The summed E-state index contributed by atoms with van der Waals surface area (Å²) in [5, 5.41) is 11.1. The molecule has 0 bridgehead atoms. The summed E-state index contributed by atoms with van der Waals surface area (Å²) >= 11 is 0. The minimum atomic E-state index is -0.932. The van der Waals surface area contributed by atoms with Gasteiger partial charge in [0.25, 0.3) is 11.7 Å². The highest BCUT2D eigenvalue weighted by atomic mass is 19.1. The van der Waals surface area contributed by atoms with E-state index in [1.807, 2.05) is 0 Å². The zero-order valence-corrected chi connectivity index (χ0v) is 20.4. The van der Waals surface area contributed by atoms with Crippen molar-refractivity contribution in [2.45, 2.75) is 32.9 Å². The Morgan fingerprint density at radius 1 is 1.11 bits per heavy atom. The number of Topliss-reactive ketones (excluding diaryl/α,β-unsaturated/α-hetero) is 1. The van der Waals surface area contributed by atoms with Gasteiger partial charge in [-0.1, -0.05) is 19.9 Å². The largest absolute Gasteiger partial charge is 0.507 e. The van der Waals surface area contributed by atoms with Crippen molar-refractivity contribution in [3.05, 3.63) is 89.1 Å². The molecule has 1 aliphatic heterocycles. The number of rotatable bonds is 9. The lowest BCUT2D eigenvalue weighted by atomic mass is 9.95. The lowest BCUT2D eigenvalue weighted by Crippen LogP contribution is -2.29. The Bertz CT molecular complexity index is 1260. The minimum absolute atomic E-state index is 0.0113. The van der Waals surface area contributed by atoms with Crippen molar-refractivity contribution >= 4 is 17.4 Å². The SMILES string of the molecule is COc1cc(C2/C(=C(/O)c3ccc(F)cc3)C(=O)C(=O)N2Cc2ccco2)ccc1OCCC(C)C. The fourth-order valence-corrected chi connectivity index (χ4v) is 4.10. The van der Waals surface area contributed by atoms with Crippen molar-refractivity contribution in [1.82, 2.24) is 4.90 Å². The molecular formula is C28H28FNO6. The molecule has 2 aromatic carbocycles. The number of hydrogen-bond acceptors (Lipinski definition) is 6. The number of halogens is 1. The second-order valence-electron chi connectivity index (χ2n) is 8.95. The molecular weight excluding hydrogens is 465 g/mol. The van der Waals surface area contributed by atoms with E-state index in [1.165, 1.54) is 42.5 Å². The normalized spacial score (nSPS) is 17.1. The van der Waals surface area contributed by atoms with Crippen LogP contribution in [-0.4, -0.2) is 35.4 Å². The van der Waals surface area contributed by atoms with Gasteiger partial charge in [-0.2, -0.15) is 0 Å². The first-order chi connectivity index (χ1) is 17.3. The van der Waals surface area contributed by atoms with Crippen LogP contribution in [0.3, 0.4) is 0 Å². The van der Waals surface area contributed by atoms with Gasteiger partial charge in [0.15, 0.2) is 11.5 Å². The second kappa shape index (κ2) is 10.7. The molecule has 3 aromatic rings. The third kappa shape index (κ3) is 5.12. The third-order valence-electron chi connectivity index (χ3n) is 6.02. The van der Waals surface area contributed by atoms with Crippen LogP contribution in [-0.2, 0) is 16.1 Å². The number of methoxy groups -OCH3 is 1. The lowest BCUT2D eigenvalue weighted by Gasteiger charge is -2.25. The molecule has 8 heteroatoms. The molecule has 1 amide bonds. The Labute approximate surface area is 208 Å². The van der Waals surface area contributed by atoms with E-state index >= 15 is 0 Å². The van der Waals surface area contributed by atoms with Crippen molar-refractivity contribution < 1.29 is 33.0 Å². The number of likely N-dealkylation sites (tertiary alicyclic amines) is 1. The molecule has 1 saturated heterocycles. The highest BCUT2D eigenvalue weighted by Crippen LogP contribution is 2.42. The van der Waals surface area contributed by atoms with Gasteiger partial charge < -0.3 is 23.9 Å².